The second-order valence-corrected chi connectivity index (χ2v) is 17.6. The molecular weight excluding hydrogens is 744 g/mol. The lowest BCUT2D eigenvalue weighted by molar-refractivity contribution is 0.686. The fourth-order valence-corrected chi connectivity index (χ4v) is 11.9. The van der Waals surface area contributed by atoms with Gasteiger partial charge >= 0.3 is 0 Å². The first kappa shape index (κ1) is 26.0. The van der Waals surface area contributed by atoms with Gasteiger partial charge in [-0.2, -0.15) is 0 Å². The van der Waals surface area contributed by atoms with Gasteiger partial charge in [0.05, 0.1) is 30.8 Å². The number of aryl methyl sites for hydroxylation is 4. The minimum absolute atomic E-state index is 0.162. The monoisotopic (exact) mass is 796 g/mol. The third kappa shape index (κ3) is 5.13. The van der Waals surface area contributed by atoms with E-state index in [4.69, 9.17) is 8.22 Å². The van der Waals surface area contributed by atoms with Gasteiger partial charge < -0.3 is 9.80 Å². The van der Waals surface area contributed by atoms with Crippen molar-refractivity contribution in [2.75, 3.05) is 9.80 Å². The maximum Gasteiger partial charge on any atom is 0.252 e. The highest BCUT2D eigenvalue weighted by molar-refractivity contribution is 7.26. The SMILES string of the molecule is [2H]c1c([2H])c([2H])c(-c2cc3c(cc2N2c4ccccc4B4c5ccc6sc7ccccc7c6c5N(c5cc6c(cc5-c5c([2H])c([2H])c([2H])c([2H])c5[2H])CCCC6)c5cccc2c54)CCCC3)c([2H])c1[2H]. The summed E-state index contributed by atoms with van der Waals surface area (Å²) in [5.41, 5.74) is 14.3. The molecule has 0 spiro atoms. The Hall–Kier alpha value is -6.36. The number of para-hydroxylation sites is 1. The highest BCUT2D eigenvalue weighted by Crippen LogP contribution is 2.52. The van der Waals surface area contributed by atoms with Gasteiger partial charge in [-0.05, 0) is 156 Å². The minimum Gasteiger partial charge on any atom is -0.311 e. The summed E-state index contributed by atoms with van der Waals surface area (Å²) < 4.78 is 92.1. The Morgan fingerprint density at radius 1 is 0.467 bits per heavy atom. The topological polar surface area (TPSA) is 6.48 Å². The van der Waals surface area contributed by atoms with Gasteiger partial charge in [-0.3, -0.25) is 0 Å². The first-order chi connectivity index (χ1) is 33.9. The number of nitrogens with zero attached hydrogens (tertiary/aromatic N) is 2. The molecule has 1 aromatic heterocycles. The molecule has 0 atom stereocenters. The predicted molar refractivity (Wildman–Crippen MR) is 258 cm³/mol. The lowest BCUT2D eigenvalue weighted by Crippen LogP contribution is -2.61. The maximum absolute atomic E-state index is 9.40. The van der Waals surface area contributed by atoms with E-state index in [0.717, 1.165) is 133 Å². The summed E-state index contributed by atoms with van der Waals surface area (Å²) in [5.74, 6) is 0. The molecule has 3 heterocycles. The smallest absolute Gasteiger partial charge is 0.252 e. The quantitative estimate of drug-likeness (QED) is 0.164. The summed E-state index contributed by atoms with van der Waals surface area (Å²) in [5, 5.41) is 2.19. The molecule has 0 radical (unpaired) electrons. The van der Waals surface area contributed by atoms with Gasteiger partial charge in [0, 0.05) is 48.4 Å². The Morgan fingerprint density at radius 2 is 1.02 bits per heavy atom. The molecule has 13 rings (SSSR count). The second-order valence-electron chi connectivity index (χ2n) is 16.5. The molecular formula is C56H43BN2S. The molecule has 4 heteroatoms. The van der Waals surface area contributed by atoms with E-state index in [1.54, 1.807) is 11.3 Å². The fraction of sp³-hybridized carbons (Fsp3) is 0.143. The number of rotatable bonds is 4. The third-order valence-corrected chi connectivity index (χ3v) is 14.5. The van der Waals surface area contributed by atoms with Crippen LogP contribution in [0.3, 0.4) is 0 Å². The first-order valence-electron chi connectivity index (χ1n) is 26.1. The third-order valence-electron chi connectivity index (χ3n) is 13.3. The molecule has 0 saturated heterocycles. The predicted octanol–water partition coefficient (Wildman–Crippen LogP) is 13.2. The van der Waals surface area contributed by atoms with Crippen LogP contribution < -0.4 is 26.2 Å². The van der Waals surface area contributed by atoms with Crippen molar-refractivity contribution in [2.24, 2.45) is 0 Å². The molecule has 2 nitrogen and oxygen atoms in total. The standard InChI is InChI=1S/C56H43BN2S/c1-3-16-36(17-4-1)43-32-38-20-7-9-22-40(38)34-50(43)58-47-26-13-12-25-45(47)57-46-30-31-53-54(42-24-11-14-29-52(42)60-53)56(46)59(49-28-15-27-48(58)55(49)57)51-35-41-23-10-8-21-39(41)33-44(51)37-18-5-2-6-19-37/h1-6,11-19,24-35H,7-10,20-23H2/i1D,2D,3D,4D,5D,6D,16D,17D,18D,19D. The van der Waals surface area contributed by atoms with E-state index in [2.05, 4.69) is 107 Å². The van der Waals surface area contributed by atoms with Gasteiger partial charge in [-0.25, -0.2) is 0 Å². The Bertz CT molecular complexity index is 3740. The van der Waals surface area contributed by atoms with Crippen LogP contribution in [0.15, 0.2) is 164 Å². The molecule has 2 aliphatic heterocycles. The van der Waals surface area contributed by atoms with E-state index < -0.39 is 12.1 Å². The van der Waals surface area contributed by atoms with E-state index in [1.165, 1.54) is 11.1 Å². The Kier molecular flexibility index (Phi) is 5.89. The van der Waals surface area contributed by atoms with Crippen LogP contribution in [-0.4, -0.2) is 6.71 Å². The van der Waals surface area contributed by atoms with Gasteiger partial charge in [0.15, 0.2) is 0 Å². The first-order valence-corrected chi connectivity index (χ1v) is 22.0. The molecule has 60 heavy (non-hydrogen) atoms. The molecule has 0 bridgehead atoms. The summed E-state index contributed by atoms with van der Waals surface area (Å²) in [4.78, 5) is 4.55. The van der Waals surface area contributed by atoms with Gasteiger partial charge in [-0.15, -0.1) is 11.3 Å². The summed E-state index contributed by atoms with van der Waals surface area (Å²) in [6, 6.07) is 32.9. The van der Waals surface area contributed by atoms with E-state index in [0.29, 0.717) is 11.1 Å². The lowest BCUT2D eigenvalue weighted by Gasteiger charge is -2.45. The van der Waals surface area contributed by atoms with Crippen LogP contribution in [0.4, 0.5) is 34.1 Å². The average molecular weight is 797 g/mol. The molecule has 286 valence electrons. The van der Waals surface area contributed by atoms with Gasteiger partial charge in [-0.1, -0.05) is 109 Å². The van der Waals surface area contributed by atoms with Crippen molar-refractivity contribution in [3.63, 3.8) is 0 Å². The molecule has 2 aliphatic carbocycles. The summed E-state index contributed by atoms with van der Waals surface area (Å²) >= 11 is 1.74. The number of thiophene rings is 1. The zero-order valence-corrected chi connectivity index (χ0v) is 33.7. The van der Waals surface area contributed by atoms with Crippen LogP contribution in [-0.2, 0) is 25.7 Å². The number of benzene rings is 8. The second kappa shape index (κ2) is 13.6. The molecule has 0 amide bonds. The lowest BCUT2D eigenvalue weighted by atomic mass is 9.33. The van der Waals surface area contributed by atoms with E-state index >= 15 is 0 Å². The van der Waals surface area contributed by atoms with Gasteiger partial charge in [0.25, 0.3) is 6.71 Å². The van der Waals surface area contributed by atoms with Gasteiger partial charge in [0.2, 0.25) is 0 Å². The van der Waals surface area contributed by atoms with Crippen LogP contribution in [0.5, 0.6) is 0 Å². The number of hydrogen-bond acceptors (Lipinski definition) is 3. The van der Waals surface area contributed by atoms with Crippen LogP contribution in [0.2, 0.25) is 0 Å². The number of fused-ring (bicyclic) bond motifs is 10. The van der Waals surface area contributed by atoms with Crippen molar-refractivity contribution in [2.45, 2.75) is 51.4 Å². The Labute approximate surface area is 370 Å². The van der Waals surface area contributed by atoms with Gasteiger partial charge in [0.1, 0.15) is 0 Å². The van der Waals surface area contributed by atoms with E-state index in [1.807, 2.05) is 6.07 Å². The van der Waals surface area contributed by atoms with Crippen molar-refractivity contribution in [1.29, 1.82) is 0 Å². The molecule has 0 fully saturated rings. The highest BCUT2D eigenvalue weighted by Gasteiger charge is 2.45. The van der Waals surface area contributed by atoms with Crippen molar-refractivity contribution < 1.29 is 13.7 Å². The van der Waals surface area contributed by atoms with Crippen LogP contribution in [0.1, 0.15) is 61.6 Å². The van der Waals surface area contributed by atoms with Crippen LogP contribution >= 0.6 is 11.3 Å². The molecule has 9 aromatic rings. The Balaban J connectivity index is 1.17. The molecule has 8 aromatic carbocycles. The van der Waals surface area contributed by atoms with E-state index in [-0.39, 0.29) is 66.2 Å². The molecule has 4 aliphatic rings. The Morgan fingerprint density at radius 3 is 1.68 bits per heavy atom. The zero-order valence-electron chi connectivity index (χ0n) is 42.9. The summed E-state index contributed by atoms with van der Waals surface area (Å²) in [7, 11) is 0. The molecule has 0 unspecified atom stereocenters. The van der Waals surface area contributed by atoms with Crippen molar-refractivity contribution in [3.05, 3.63) is 186 Å². The van der Waals surface area contributed by atoms with E-state index in [9.17, 15) is 5.48 Å². The summed E-state index contributed by atoms with van der Waals surface area (Å²) in [6.07, 6.45) is 7.40. The normalized spacial score (nSPS) is 17.4. The highest BCUT2D eigenvalue weighted by atomic mass is 32.1. The number of anilines is 6. The maximum atomic E-state index is 9.40. The van der Waals surface area contributed by atoms with Crippen molar-refractivity contribution >= 4 is 88.7 Å². The minimum atomic E-state index is -0.433. The van der Waals surface area contributed by atoms with Crippen LogP contribution in [0, 0.1) is 0 Å². The molecule has 0 N–H and O–H groups in total. The number of hydrogen-bond donors (Lipinski definition) is 0. The summed E-state index contributed by atoms with van der Waals surface area (Å²) in [6.45, 7) is -0.281. The molecule has 0 saturated carbocycles. The fourth-order valence-electron chi connectivity index (χ4n) is 10.8. The average Bonchev–Trinajstić information content (AvgIpc) is 3.77. The van der Waals surface area contributed by atoms with Crippen molar-refractivity contribution in [1.82, 2.24) is 0 Å². The van der Waals surface area contributed by atoms with Crippen molar-refractivity contribution in [3.8, 4) is 22.3 Å². The largest absolute Gasteiger partial charge is 0.311 e. The zero-order chi connectivity index (χ0) is 48.0. The van der Waals surface area contributed by atoms with Crippen LogP contribution in [0.25, 0.3) is 42.4 Å².